The van der Waals surface area contributed by atoms with Gasteiger partial charge in [-0.1, -0.05) is 60.8 Å². The maximum absolute atomic E-state index is 14.2. The molecule has 6 rings (SSSR count). The van der Waals surface area contributed by atoms with Crippen LogP contribution in [0.2, 0.25) is 5.02 Å². The molecule has 3 aliphatic rings. The van der Waals surface area contributed by atoms with Crippen molar-refractivity contribution in [1.29, 1.82) is 0 Å². The third-order valence-corrected chi connectivity index (χ3v) is 9.21. The number of halogens is 1. The lowest BCUT2D eigenvalue weighted by Gasteiger charge is -2.51. The summed E-state index contributed by atoms with van der Waals surface area (Å²) in [4.78, 5) is 41.1. The van der Waals surface area contributed by atoms with Gasteiger partial charge in [0.15, 0.2) is 0 Å². The predicted octanol–water partition coefficient (Wildman–Crippen LogP) is 5.96. The van der Waals surface area contributed by atoms with Crippen molar-refractivity contribution in [2.45, 2.75) is 68.5 Å². The molecule has 2 saturated carbocycles. The minimum absolute atomic E-state index is 0.0684. The fourth-order valence-electron chi connectivity index (χ4n) is 7.03. The Balaban J connectivity index is 1.50. The van der Waals surface area contributed by atoms with Crippen LogP contribution < -0.4 is 10.2 Å². The van der Waals surface area contributed by atoms with Gasteiger partial charge in [0.2, 0.25) is 0 Å². The zero-order valence-corrected chi connectivity index (χ0v) is 21.9. The van der Waals surface area contributed by atoms with Crippen LogP contribution in [0, 0.1) is 5.92 Å². The summed E-state index contributed by atoms with van der Waals surface area (Å²) in [5.41, 5.74) is 0.558. The lowest BCUT2D eigenvalue weighted by Crippen LogP contribution is -2.65. The van der Waals surface area contributed by atoms with Gasteiger partial charge in [0.1, 0.15) is 11.8 Å². The minimum Gasteiger partial charge on any atom is -0.480 e. The Kier molecular flexibility index (Phi) is 6.48. The third kappa shape index (κ3) is 4.02. The molecule has 4 unspecified atom stereocenters. The van der Waals surface area contributed by atoms with E-state index in [0.29, 0.717) is 16.3 Å². The Morgan fingerprint density at radius 2 is 1.76 bits per heavy atom. The predicted molar refractivity (Wildman–Crippen MR) is 148 cm³/mol. The molecule has 0 bridgehead atoms. The number of carboxylic acids is 1. The number of hydrogen-bond donors (Lipinski definition) is 2. The van der Waals surface area contributed by atoms with E-state index in [9.17, 15) is 19.5 Å². The normalized spacial score (nSPS) is 24.2. The van der Waals surface area contributed by atoms with Crippen LogP contribution in [0.15, 0.2) is 60.7 Å². The summed E-state index contributed by atoms with van der Waals surface area (Å²) >= 11 is 6.49. The molecule has 0 spiro atoms. The van der Waals surface area contributed by atoms with E-state index in [1.807, 2.05) is 53.4 Å². The Bertz CT molecular complexity index is 1420. The van der Waals surface area contributed by atoms with E-state index >= 15 is 0 Å². The van der Waals surface area contributed by atoms with Crippen molar-refractivity contribution in [2.24, 2.45) is 5.92 Å². The van der Waals surface area contributed by atoms with Gasteiger partial charge < -0.3 is 14.8 Å². The zero-order chi connectivity index (χ0) is 26.4. The van der Waals surface area contributed by atoms with Crippen molar-refractivity contribution in [2.75, 3.05) is 4.90 Å². The summed E-state index contributed by atoms with van der Waals surface area (Å²) in [6.07, 6.45) is 5.88. The van der Waals surface area contributed by atoms with Gasteiger partial charge in [0.05, 0.1) is 0 Å². The van der Waals surface area contributed by atoms with E-state index in [2.05, 4.69) is 5.32 Å². The van der Waals surface area contributed by atoms with Gasteiger partial charge in [0, 0.05) is 40.7 Å². The summed E-state index contributed by atoms with van der Waals surface area (Å²) in [7, 11) is 0. The van der Waals surface area contributed by atoms with Gasteiger partial charge in [-0.2, -0.15) is 0 Å². The van der Waals surface area contributed by atoms with E-state index in [0.717, 1.165) is 61.1 Å². The zero-order valence-electron chi connectivity index (χ0n) is 21.1. The number of anilines is 1. The van der Waals surface area contributed by atoms with Crippen molar-refractivity contribution < 1.29 is 19.5 Å². The number of nitrogens with one attached hydrogen (secondary N) is 1. The van der Waals surface area contributed by atoms with Gasteiger partial charge in [0.25, 0.3) is 5.91 Å². The van der Waals surface area contributed by atoms with E-state index in [1.54, 1.807) is 12.1 Å². The maximum Gasteiger partial charge on any atom is 0.325 e. The maximum atomic E-state index is 14.2. The van der Waals surface area contributed by atoms with Crippen LogP contribution in [-0.4, -0.2) is 40.9 Å². The first-order valence-corrected chi connectivity index (χ1v) is 13.9. The van der Waals surface area contributed by atoms with Crippen LogP contribution in [-0.2, 0) is 9.59 Å². The molecule has 0 saturated heterocycles. The summed E-state index contributed by atoms with van der Waals surface area (Å²) in [5, 5.41) is 16.7. The number of carboxylic acid groups (broad SMARTS) is 1. The molecular weight excluding hydrogens is 500 g/mol. The Morgan fingerprint density at radius 1 is 1.00 bits per heavy atom. The van der Waals surface area contributed by atoms with Gasteiger partial charge in [-0.15, -0.1) is 0 Å². The number of aliphatic carboxylic acids is 1. The average molecular weight is 531 g/mol. The molecule has 6 nitrogen and oxygen atoms in total. The Hall–Kier alpha value is -3.22. The highest BCUT2D eigenvalue weighted by Crippen LogP contribution is 2.54. The highest BCUT2D eigenvalue weighted by atomic mass is 35.5. The van der Waals surface area contributed by atoms with Crippen LogP contribution in [0.5, 0.6) is 0 Å². The second-order valence-corrected chi connectivity index (χ2v) is 11.4. The first-order chi connectivity index (χ1) is 18.4. The van der Waals surface area contributed by atoms with Crippen molar-refractivity contribution in [3.63, 3.8) is 0 Å². The molecule has 0 aromatic heterocycles. The topological polar surface area (TPSA) is 86.7 Å². The molecular formula is C31H31ClN2O4. The fraction of sp³-hybridized carbons (Fsp3) is 0.387. The first-order valence-electron chi connectivity index (χ1n) is 13.5. The van der Waals surface area contributed by atoms with Crippen molar-refractivity contribution in [3.05, 3.63) is 76.8 Å². The van der Waals surface area contributed by atoms with Gasteiger partial charge in [-0.3, -0.25) is 14.9 Å². The van der Waals surface area contributed by atoms with Crippen LogP contribution >= 0.6 is 11.6 Å². The lowest BCUT2D eigenvalue weighted by atomic mass is 9.65. The summed E-state index contributed by atoms with van der Waals surface area (Å²) in [6.45, 7) is 0. The van der Waals surface area contributed by atoms with E-state index in [1.165, 1.54) is 0 Å². The molecule has 3 aromatic rings. The van der Waals surface area contributed by atoms with Crippen LogP contribution in [0.25, 0.3) is 10.8 Å². The molecule has 196 valence electrons. The fourth-order valence-corrected chi connectivity index (χ4v) is 7.20. The van der Waals surface area contributed by atoms with Gasteiger partial charge in [-0.25, -0.2) is 0 Å². The smallest absolute Gasteiger partial charge is 0.325 e. The van der Waals surface area contributed by atoms with Crippen molar-refractivity contribution in [3.8, 4) is 0 Å². The largest absolute Gasteiger partial charge is 0.480 e. The molecule has 2 fully saturated rings. The molecule has 3 aromatic carbocycles. The number of benzene rings is 3. The van der Waals surface area contributed by atoms with Crippen LogP contribution in [0.1, 0.15) is 66.8 Å². The van der Waals surface area contributed by atoms with Crippen LogP contribution in [0.3, 0.4) is 0 Å². The third-order valence-electron chi connectivity index (χ3n) is 8.98. The quantitative estimate of drug-likeness (QED) is 0.368. The van der Waals surface area contributed by atoms with E-state index in [4.69, 9.17) is 11.6 Å². The first kappa shape index (κ1) is 25.1. The number of carbonyl (C=O) groups is 3. The van der Waals surface area contributed by atoms with E-state index in [-0.39, 0.29) is 30.3 Å². The second-order valence-electron chi connectivity index (χ2n) is 11.0. The summed E-state index contributed by atoms with van der Waals surface area (Å²) in [5.74, 6) is -1.69. The number of hydrogen-bond acceptors (Lipinski definition) is 4. The SMILES string of the molecule is O=CCC(NC1CCC1)(C(=O)O)C1c2ccc(Cl)cc2N(C(=O)c2ccc3ccccc3c2)C2CCCC21. The number of aldehydes is 1. The van der Waals surface area contributed by atoms with Gasteiger partial charge in [-0.05, 0) is 72.2 Å². The van der Waals surface area contributed by atoms with Crippen molar-refractivity contribution in [1.82, 2.24) is 5.32 Å². The number of amides is 1. The molecule has 2 aliphatic carbocycles. The molecule has 38 heavy (non-hydrogen) atoms. The average Bonchev–Trinajstić information content (AvgIpc) is 3.37. The highest BCUT2D eigenvalue weighted by Gasteiger charge is 2.57. The molecule has 7 heteroatoms. The molecule has 0 radical (unpaired) electrons. The standard InChI is InChI=1S/C31H31ClN2O4/c32-22-13-14-25-27(18-22)34(29(36)21-12-11-19-5-1-2-6-20(19)17-21)26-10-4-9-24(26)28(25)31(15-16-35,30(37)38)33-23-7-3-8-23/h1-2,5-6,11-14,16-18,23-24,26,28,33H,3-4,7-10,15H2,(H,37,38). The molecule has 1 heterocycles. The van der Waals surface area contributed by atoms with E-state index < -0.39 is 17.4 Å². The summed E-state index contributed by atoms with van der Waals surface area (Å²) in [6, 6.07) is 19.0. The summed E-state index contributed by atoms with van der Waals surface area (Å²) < 4.78 is 0. The second kappa shape index (κ2) is 9.83. The Morgan fingerprint density at radius 3 is 2.47 bits per heavy atom. The van der Waals surface area contributed by atoms with Crippen LogP contribution in [0.4, 0.5) is 5.69 Å². The Labute approximate surface area is 227 Å². The monoisotopic (exact) mass is 530 g/mol. The molecule has 1 amide bonds. The molecule has 1 aliphatic heterocycles. The number of nitrogens with zero attached hydrogens (tertiary/aromatic N) is 1. The number of rotatable bonds is 7. The number of carbonyl (C=O) groups excluding carboxylic acids is 2. The minimum atomic E-state index is -1.44. The molecule has 4 atom stereocenters. The number of fused-ring (bicyclic) bond motifs is 3. The van der Waals surface area contributed by atoms with Crippen molar-refractivity contribution >= 4 is 46.2 Å². The van der Waals surface area contributed by atoms with Gasteiger partial charge >= 0.3 is 5.97 Å². The molecule has 2 N–H and O–H groups in total. The highest BCUT2D eigenvalue weighted by molar-refractivity contribution is 6.31. The lowest BCUT2D eigenvalue weighted by molar-refractivity contribution is -0.149.